The van der Waals surface area contributed by atoms with Crippen LogP contribution in [0.2, 0.25) is 0 Å². The summed E-state index contributed by atoms with van der Waals surface area (Å²) in [4.78, 5) is 4.21. The second kappa shape index (κ2) is 10.9. The number of hydrogen-bond donors (Lipinski definition) is 2. The van der Waals surface area contributed by atoms with E-state index in [2.05, 4.69) is 56.7 Å². The van der Waals surface area contributed by atoms with Gasteiger partial charge in [-0.05, 0) is 41.6 Å². The fourth-order valence-electron chi connectivity index (χ4n) is 3.02. The molecule has 0 aliphatic carbocycles. The zero-order valence-electron chi connectivity index (χ0n) is 16.1. The van der Waals surface area contributed by atoms with Crippen LogP contribution in [0, 0.1) is 5.82 Å². The highest BCUT2D eigenvalue weighted by Gasteiger charge is 2.05. The standard InChI is InChI=1S/C21H25FN4O.HI/c1-23-21(25-15-16-8-9-20(27-2)18(22)14-16)24-11-5-12-26-13-10-17-6-3-4-7-19(17)26;/h3-4,6-10,13-14H,5,11-12,15H2,1-2H3,(H2,23,24,25);1H. The monoisotopic (exact) mass is 496 g/mol. The topological polar surface area (TPSA) is 50.6 Å². The second-order valence-corrected chi connectivity index (χ2v) is 6.24. The molecule has 0 saturated heterocycles. The number of benzene rings is 2. The Morgan fingerprint density at radius 1 is 1.14 bits per heavy atom. The molecule has 0 amide bonds. The largest absolute Gasteiger partial charge is 0.494 e. The van der Waals surface area contributed by atoms with E-state index in [1.807, 2.05) is 6.07 Å². The van der Waals surface area contributed by atoms with Gasteiger partial charge in [0.1, 0.15) is 0 Å². The predicted octanol–water partition coefficient (Wildman–Crippen LogP) is 4.16. The van der Waals surface area contributed by atoms with Gasteiger partial charge in [-0.3, -0.25) is 4.99 Å². The zero-order valence-corrected chi connectivity index (χ0v) is 18.4. The van der Waals surface area contributed by atoms with Crippen LogP contribution in [0.3, 0.4) is 0 Å². The van der Waals surface area contributed by atoms with Gasteiger partial charge < -0.3 is 19.9 Å². The molecule has 28 heavy (non-hydrogen) atoms. The average Bonchev–Trinajstić information content (AvgIpc) is 3.11. The molecule has 2 aromatic carbocycles. The van der Waals surface area contributed by atoms with Crippen LogP contribution in [0.4, 0.5) is 4.39 Å². The van der Waals surface area contributed by atoms with Crippen molar-refractivity contribution < 1.29 is 9.13 Å². The highest BCUT2D eigenvalue weighted by Crippen LogP contribution is 2.17. The Balaban J connectivity index is 0.00000280. The van der Waals surface area contributed by atoms with Crippen molar-refractivity contribution in [2.75, 3.05) is 20.7 Å². The summed E-state index contributed by atoms with van der Waals surface area (Å²) in [5.41, 5.74) is 2.08. The Bertz CT molecular complexity index is 926. The smallest absolute Gasteiger partial charge is 0.191 e. The van der Waals surface area contributed by atoms with Crippen LogP contribution >= 0.6 is 24.0 Å². The minimum Gasteiger partial charge on any atom is -0.494 e. The molecule has 2 N–H and O–H groups in total. The van der Waals surface area contributed by atoms with Crippen LogP contribution in [0.25, 0.3) is 10.9 Å². The number of para-hydroxylation sites is 1. The van der Waals surface area contributed by atoms with Gasteiger partial charge >= 0.3 is 0 Å². The molecule has 0 aliphatic heterocycles. The Hall–Kier alpha value is -2.29. The molecular formula is C21H26FIN4O. The van der Waals surface area contributed by atoms with Gasteiger partial charge in [0, 0.05) is 38.4 Å². The number of hydrogen-bond acceptors (Lipinski definition) is 2. The van der Waals surface area contributed by atoms with Crippen molar-refractivity contribution >= 4 is 40.8 Å². The van der Waals surface area contributed by atoms with Crippen LogP contribution in [-0.2, 0) is 13.1 Å². The van der Waals surface area contributed by atoms with Crippen molar-refractivity contribution in [1.29, 1.82) is 0 Å². The number of aromatic nitrogens is 1. The molecule has 0 saturated carbocycles. The van der Waals surface area contributed by atoms with E-state index in [-0.39, 0.29) is 35.5 Å². The number of ether oxygens (including phenoxy) is 1. The molecule has 3 aromatic rings. The maximum atomic E-state index is 13.7. The summed E-state index contributed by atoms with van der Waals surface area (Å²) in [6, 6.07) is 15.4. The first-order chi connectivity index (χ1) is 13.2. The van der Waals surface area contributed by atoms with E-state index < -0.39 is 0 Å². The molecule has 5 nitrogen and oxygen atoms in total. The molecule has 1 heterocycles. The van der Waals surface area contributed by atoms with Crippen molar-refractivity contribution in [3.63, 3.8) is 0 Å². The van der Waals surface area contributed by atoms with Gasteiger partial charge in [0.25, 0.3) is 0 Å². The molecule has 0 spiro atoms. The minimum absolute atomic E-state index is 0. The molecule has 0 radical (unpaired) electrons. The number of fused-ring (bicyclic) bond motifs is 1. The van der Waals surface area contributed by atoms with E-state index in [0.29, 0.717) is 12.5 Å². The molecule has 1 aromatic heterocycles. The van der Waals surface area contributed by atoms with Gasteiger partial charge in [-0.25, -0.2) is 4.39 Å². The van der Waals surface area contributed by atoms with Crippen molar-refractivity contribution in [3.05, 3.63) is 66.1 Å². The van der Waals surface area contributed by atoms with Crippen molar-refractivity contribution in [3.8, 4) is 5.75 Å². The molecule has 0 bridgehead atoms. The number of rotatable bonds is 7. The maximum Gasteiger partial charge on any atom is 0.191 e. The molecule has 3 rings (SSSR count). The van der Waals surface area contributed by atoms with Gasteiger partial charge in [0.2, 0.25) is 0 Å². The molecule has 0 fully saturated rings. The number of nitrogens with one attached hydrogen (secondary N) is 2. The fourth-order valence-corrected chi connectivity index (χ4v) is 3.02. The lowest BCUT2D eigenvalue weighted by atomic mass is 10.2. The van der Waals surface area contributed by atoms with E-state index in [4.69, 9.17) is 4.74 Å². The molecule has 7 heteroatoms. The summed E-state index contributed by atoms with van der Waals surface area (Å²) >= 11 is 0. The Morgan fingerprint density at radius 3 is 2.71 bits per heavy atom. The van der Waals surface area contributed by atoms with Gasteiger partial charge in [-0.2, -0.15) is 0 Å². The highest BCUT2D eigenvalue weighted by molar-refractivity contribution is 14.0. The third-order valence-electron chi connectivity index (χ3n) is 4.45. The van der Waals surface area contributed by atoms with Gasteiger partial charge in [-0.15, -0.1) is 24.0 Å². The van der Waals surface area contributed by atoms with E-state index >= 15 is 0 Å². The lowest BCUT2D eigenvalue weighted by Gasteiger charge is -2.13. The van der Waals surface area contributed by atoms with Crippen LogP contribution in [-0.4, -0.2) is 31.2 Å². The highest BCUT2D eigenvalue weighted by atomic mass is 127. The first-order valence-corrected chi connectivity index (χ1v) is 9.02. The van der Waals surface area contributed by atoms with Crippen LogP contribution < -0.4 is 15.4 Å². The lowest BCUT2D eigenvalue weighted by molar-refractivity contribution is 0.386. The molecule has 150 valence electrons. The minimum atomic E-state index is -0.362. The molecule has 0 atom stereocenters. The van der Waals surface area contributed by atoms with Crippen molar-refractivity contribution in [1.82, 2.24) is 15.2 Å². The number of methoxy groups -OCH3 is 1. The molecular weight excluding hydrogens is 470 g/mol. The number of nitrogens with zero attached hydrogens (tertiary/aromatic N) is 2. The first-order valence-electron chi connectivity index (χ1n) is 9.02. The van der Waals surface area contributed by atoms with Gasteiger partial charge in [0.05, 0.1) is 7.11 Å². The van der Waals surface area contributed by atoms with Crippen LogP contribution in [0.1, 0.15) is 12.0 Å². The van der Waals surface area contributed by atoms with E-state index in [1.54, 1.807) is 13.1 Å². The summed E-state index contributed by atoms with van der Waals surface area (Å²) in [6.07, 6.45) is 3.09. The number of aliphatic imine (C=N–C) groups is 1. The zero-order chi connectivity index (χ0) is 19.1. The number of halogens is 2. The fraction of sp³-hybridized carbons (Fsp3) is 0.286. The summed E-state index contributed by atoms with van der Waals surface area (Å²) in [5.74, 6) is 0.584. The SMILES string of the molecule is CN=C(NCCCn1ccc2ccccc21)NCc1ccc(OC)c(F)c1.I. The Labute approximate surface area is 182 Å². The van der Waals surface area contributed by atoms with Gasteiger partial charge in [0.15, 0.2) is 17.5 Å². The van der Waals surface area contributed by atoms with Crippen LogP contribution in [0.15, 0.2) is 59.7 Å². The Morgan fingerprint density at radius 2 is 1.96 bits per heavy atom. The summed E-state index contributed by atoms with van der Waals surface area (Å²) in [5, 5.41) is 7.75. The average molecular weight is 496 g/mol. The van der Waals surface area contributed by atoms with Crippen molar-refractivity contribution in [2.24, 2.45) is 4.99 Å². The van der Waals surface area contributed by atoms with Gasteiger partial charge in [-0.1, -0.05) is 24.3 Å². The van der Waals surface area contributed by atoms with E-state index in [0.717, 1.165) is 25.1 Å². The maximum absolute atomic E-state index is 13.7. The quantitative estimate of drug-likeness (QED) is 0.224. The van der Waals surface area contributed by atoms with Crippen LogP contribution in [0.5, 0.6) is 5.75 Å². The third-order valence-corrected chi connectivity index (χ3v) is 4.45. The van der Waals surface area contributed by atoms with E-state index in [1.165, 1.54) is 24.1 Å². The third kappa shape index (κ3) is 5.60. The molecule has 0 unspecified atom stereocenters. The molecule has 0 aliphatic rings. The normalized spacial score (nSPS) is 11.2. The predicted molar refractivity (Wildman–Crippen MR) is 123 cm³/mol. The second-order valence-electron chi connectivity index (χ2n) is 6.24. The summed E-state index contributed by atoms with van der Waals surface area (Å²) < 4.78 is 20.9. The summed E-state index contributed by atoms with van der Waals surface area (Å²) in [6.45, 7) is 2.22. The number of guanidine groups is 1. The first kappa shape index (κ1) is 22.0. The number of aryl methyl sites for hydroxylation is 1. The summed E-state index contributed by atoms with van der Waals surface area (Å²) in [7, 11) is 3.18. The van der Waals surface area contributed by atoms with Crippen molar-refractivity contribution in [2.45, 2.75) is 19.5 Å². The van der Waals surface area contributed by atoms with E-state index in [9.17, 15) is 4.39 Å². The Kier molecular flexibility index (Phi) is 8.56. The lowest BCUT2D eigenvalue weighted by Crippen LogP contribution is -2.37.